The number of anilines is 1. The van der Waals surface area contributed by atoms with Gasteiger partial charge in [-0.15, -0.1) is 0 Å². The van der Waals surface area contributed by atoms with Gasteiger partial charge in [-0.3, -0.25) is 4.79 Å². The number of hydrogen-bond acceptors (Lipinski definition) is 4. The number of methoxy groups -OCH3 is 1. The Hall–Kier alpha value is -2.86. The van der Waals surface area contributed by atoms with Crippen molar-refractivity contribution in [3.63, 3.8) is 0 Å². The van der Waals surface area contributed by atoms with E-state index in [-0.39, 0.29) is 5.76 Å². The Morgan fingerprint density at radius 2 is 2.11 bits per heavy atom. The van der Waals surface area contributed by atoms with Gasteiger partial charge >= 0.3 is 5.91 Å². The summed E-state index contributed by atoms with van der Waals surface area (Å²) in [6, 6.07) is 12.3. The minimum absolute atomic E-state index is 0.0306. The van der Waals surface area contributed by atoms with Crippen molar-refractivity contribution < 1.29 is 13.9 Å². The molecule has 2 aromatic rings. The second-order valence-corrected chi connectivity index (χ2v) is 6.47. The molecule has 0 aliphatic heterocycles. The molecule has 1 amide bonds. The molecule has 7 heteroatoms. The summed E-state index contributed by atoms with van der Waals surface area (Å²) in [4.78, 5) is 17.0. The average molecular weight is 404 g/mol. The highest BCUT2D eigenvalue weighted by Crippen LogP contribution is 2.19. The van der Waals surface area contributed by atoms with Crippen LogP contribution in [0, 0.1) is 5.82 Å². The molecule has 0 spiro atoms. The van der Waals surface area contributed by atoms with Crippen LogP contribution < -0.4 is 5.32 Å². The van der Waals surface area contributed by atoms with Crippen molar-refractivity contribution >= 4 is 29.9 Å². The van der Waals surface area contributed by atoms with E-state index in [2.05, 4.69) is 24.0 Å². The molecule has 0 bridgehead atoms. The first kappa shape index (κ1) is 21.4. The predicted octanol–water partition coefficient (Wildman–Crippen LogP) is 4.63. The normalized spacial score (nSPS) is 11.1. The van der Waals surface area contributed by atoms with Gasteiger partial charge in [0.25, 0.3) is 0 Å². The highest BCUT2D eigenvalue weighted by Gasteiger charge is 2.12. The van der Waals surface area contributed by atoms with Crippen molar-refractivity contribution in [1.82, 2.24) is 4.90 Å². The summed E-state index contributed by atoms with van der Waals surface area (Å²) in [5.74, 6) is -0.978. The number of benzene rings is 2. The molecule has 0 saturated heterocycles. The van der Waals surface area contributed by atoms with E-state index in [1.807, 2.05) is 24.3 Å². The topological polar surface area (TPSA) is 53.9 Å². The molecular weight excluding hydrogens is 381 g/mol. The van der Waals surface area contributed by atoms with Crippen LogP contribution in [0.3, 0.4) is 0 Å². The second kappa shape index (κ2) is 10.5. The van der Waals surface area contributed by atoms with Gasteiger partial charge in [0.2, 0.25) is 5.76 Å². The van der Waals surface area contributed by atoms with Crippen LogP contribution in [0.4, 0.5) is 10.1 Å². The fourth-order valence-corrected chi connectivity index (χ4v) is 2.96. The summed E-state index contributed by atoms with van der Waals surface area (Å²) in [6.07, 6.45) is 2.40. The maximum atomic E-state index is 13.7. The van der Waals surface area contributed by atoms with Gasteiger partial charge in [0.05, 0.1) is 13.8 Å². The third kappa shape index (κ3) is 6.09. The first-order chi connectivity index (χ1) is 13.5. The number of hydrogen-bond donors (Lipinski definition) is 1. The van der Waals surface area contributed by atoms with Crippen LogP contribution in [-0.4, -0.2) is 31.3 Å². The molecule has 0 aliphatic rings. The molecule has 0 fully saturated rings. The summed E-state index contributed by atoms with van der Waals surface area (Å²) in [7, 11) is 1.38. The van der Waals surface area contributed by atoms with Crippen molar-refractivity contribution in [3.8, 4) is 0 Å². The largest absolute Gasteiger partial charge is 0.490 e. The van der Waals surface area contributed by atoms with E-state index in [9.17, 15) is 9.18 Å². The third-order valence-corrected chi connectivity index (χ3v) is 4.27. The monoisotopic (exact) mass is 403 g/mol. The average Bonchev–Trinajstić information content (AvgIpc) is 2.68. The molecule has 148 valence electrons. The van der Waals surface area contributed by atoms with E-state index in [0.29, 0.717) is 23.8 Å². The molecule has 2 aromatic carbocycles. The van der Waals surface area contributed by atoms with Crippen LogP contribution in [-0.2, 0) is 22.5 Å². The first-order valence-corrected chi connectivity index (χ1v) is 9.12. The van der Waals surface area contributed by atoms with Gasteiger partial charge in [0.1, 0.15) is 5.82 Å². The summed E-state index contributed by atoms with van der Waals surface area (Å²) in [5, 5.41) is 3.65. The number of rotatable bonds is 9. The molecule has 0 radical (unpaired) electrons. The third-order valence-electron chi connectivity index (χ3n) is 4.05. The van der Waals surface area contributed by atoms with E-state index in [0.717, 1.165) is 17.7 Å². The predicted molar refractivity (Wildman–Crippen MR) is 111 cm³/mol. The molecule has 0 heterocycles. The number of halogens is 2. The molecule has 5 nitrogen and oxygen atoms in total. The van der Waals surface area contributed by atoms with Gasteiger partial charge in [0, 0.05) is 23.5 Å². The number of amides is 1. The molecular formula is C21H23ClFN3O2. The zero-order valence-electron chi connectivity index (χ0n) is 15.9. The van der Waals surface area contributed by atoms with Crippen LogP contribution >= 0.6 is 11.6 Å². The zero-order valence-corrected chi connectivity index (χ0v) is 16.7. The van der Waals surface area contributed by atoms with Crippen molar-refractivity contribution in [1.29, 1.82) is 0 Å². The van der Waals surface area contributed by atoms with E-state index in [1.165, 1.54) is 25.4 Å². The van der Waals surface area contributed by atoms with Gasteiger partial charge in [0.15, 0.2) is 0 Å². The SMILES string of the molecule is C=NC(=O)/C(=C\N(CNc1ccccc1CC)Cc1cc(F)cc(Cl)c1)OC. The molecule has 28 heavy (non-hydrogen) atoms. The number of carbonyl (C=O) groups excluding carboxylic acids is 1. The van der Waals surface area contributed by atoms with Gasteiger partial charge in [-0.1, -0.05) is 36.7 Å². The smallest absolute Gasteiger partial charge is 0.312 e. The minimum Gasteiger partial charge on any atom is -0.490 e. The van der Waals surface area contributed by atoms with Gasteiger partial charge in [-0.05, 0) is 48.5 Å². The summed E-state index contributed by atoms with van der Waals surface area (Å²) in [6.45, 7) is 5.96. The lowest BCUT2D eigenvalue weighted by atomic mass is 10.1. The number of aliphatic imine (C=N–C) groups is 1. The minimum atomic E-state index is -0.585. The van der Waals surface area contributed by atoms with Crippen LogP contribution in [0.5, 0.6) is 0 Å². The summed E-state index contributed by atoms with van der Waals surface area (Å²) >= 11 is 5.96. The fraction of sp³-hybridized carbons (Fsp3) is 0.238. The standard InChI is InChI=1S/C21H23ClFN3O2/c1-4-16-7-5-6-8-19(16)25-14-26(13-20(28-3)21(27)24-2)12-15-9-17(22)11-18(23)10-15/h5-11,13,25H,2,4,12,14H2,1,3H3/b20-13+. The van der Waals surface area contributed by atoms with Gasteiger partial charge < -0.3 is 15.0 Å². The molecule has 0 aromatic heterocycles. The Balaban J connectivity index is 2.28. The molecule has 0 saturated carbocycles. The van der Waals surface area contributed by atoms with Crippen molar-refractivity contribution in [2.24, 2.45) is 4.99 Å². The van der Waals surface area contributed by atoms with Crippen molar-refractivity contribution in [2.45, 2.75) is 19.9 Å². The molecule has 0 atom stereocenters. The lowest BCUT2D eigenvalue weighted by Crippen LogP contribution is -2.26. The Morgan fingerprint density at radius 1 is 1.36 bits per heavy atom. The van der Waals surface area contributed by atoms with Gasteiger partial charge in [-0.25, -0.2) is 9.38 Å². The zero-order chi connectivity index (χ0) is 20.5. The summed E-state index contributed by atoms with van der Waals surface area (Å²) < 4.78 is 18.8. The lowest BCUT2D eigenvalue weighted by Gasteiger charge is -2.23. The Kier molecular flexibility index (Phi) is 8.02. The van der Waals surface area contributed by atoms with Crippen LogP contribution in [0.1, 0.15) is 18.1 Å². The fourth-order valence-electron chi connectivity index (χ4n) is 2.71. The first-order valence-electron chi connectivity index (χ1n) is 8.74. The number of nitrogens with one attached hydrogen (secondary N) is 1. The van der Waals surface area contributed by atoms with Gasteiger partial charge in [-0.2, -0.15) is 0 Å². The summed E-state index contributed by atoms with van der Waals surface area (Å²) in [5.41, 5.74) is 2.80. The van der Waals surface area contributed by atoms with Crippen molar-refractivity contribution in [3.05, 3.63) is 76.4 Å². The van der Waals surface area contributed by atoms with E-state index in [4.69, 9.17) is 16.3 Å². The highest BCUT2D eigenvalue weighted by molar-refractivity contribution is 6.30. The quantitative estimate of drug-likeness (QED) is 0.287. The lowest BCUT2D eigenvalue weighted by molar-refractivity contribution is -0.117. The van der Waals surface area contributed by atoms with Crippen LogP contribution in [0.15, 0.2) is 59.4 Å². The maximum Gasteiger partial charge on any atom is 0.312 e. The van der Waals surface area contributed by atoms with E-state index >= 15 is 0 Å². The maximum absolute atomic E-state index is 13.7. The number of para-hydroxylation sites is 1. The Bertz CT molecular complexity index is 850. The molecule has 0 aliphatic carbocycles. The van der Waals surface area contributed by atoms with Crippen LogP contribution in [0.2, 0.25) is 5.02 Å². The molecule has 1 N–H and O–H groups in total. The van der Waals surface area contributed by atoms with Crippen LogP contribution in [0.25, 0.3) is 0 Å². The number of aryl methyl sites for hydroxylation is 1. The molecule has 0 unspecified atom stereocenters. The number of carbonyl (C=O) groups is 1. The van der Waals surface area contributed by atoms with Crippen molar-refractivity contribution in [2.75, 3.05) is 19.1 Å². The number of ether oxygens (including phenoxy) is 1. The number of nitrogens with zero attached hydrogens (tertiary/aromatic N) is 2. The van der Waals surface area contributed by atoms with E-state index in [1.54, 1.807) is 11.0 Å². The highest BCUT2D eigenvalue weighted by atomic mass is 35.5. The molecule has 2 rings (SSSR count). The Morgan fingerprint density at radius 3 is 2.75 bits per heavy atom. The Labute approximate surface area is 169 Å². The second-order valence-electron chi connectivity index (χ2n) is 6.03. The van der Waals surface area contributed by atoms with E-state index < -0.39 is 11.7 Å².